The van der Waals surface area contributed by atoms with Crippen molar-refractivity contribution in [1.29, 1.82) is 0 Å². The number of amides is 1. The Morgan fingerprint density at radius 3 is 2.90 bits per heavy atom. The van der Waals surface area contributed by atoms with Crippen LogP contribution in [0.25, 0.3) is 10.2 Å². The number of nitrogens with zero attached hydrogens (tertiary/aromatic N) is 2. The largest absolute Gasteiger partial charge is 0.385 e. The molecule has 0 radical (unpaired) electrons. The Labute approximate surface area is 180 Å². The van der Waals surface area contributed by atoms with Gasteiger partial charge >= 0.3 is 0 Å². The van der Waals surface area contributed by atoms with E-state index in [4.69, 9.17) is 9.72 Å². The molecule has 2 heterocycles. The summed E-state index contributed by atoms with van der Waals surface area (Å²) in [5, 5.41) is 4.38. The molecule has 1 aliphatic rings. The molecule has 1 aliphatic carbocycles. The van der Waals surface area contributed by atoms with Crippen molar-refractivity contribution >= 4 is 39.2 Å². The normalized spacial score (nSPS) is 13.8. The Kier molecular flexibility index (Phi) is 8.15. The molecule has 8 heteroatoms. The van der Waals surface area contributed by atoms with Crippen molar-refractivity contribution in [1.82, 2.24) is 14.9 Å². The van der Waals surface area contributed by atoms with Crippen LogP contribution < -0.4 is 10.9 Å². The topological polar surface area (TPSA) is 73.2 Å². The molecule has 0 atom stereocenters. The number of methoxy groups -OCH3 is 1. The lowest BCUT2D eigenvalue weighted by molar-refractivity contribution is -0.118. The Balaban J connectivity index is 1.83. The fourth-order valence-electron chi connectivity index (χ4n) is 3.54. The van der Waals surface area contributed by atoms with Crippen LogP contribution in [0.5, 0.6) is 0 Å². The van der Waals surface area contributed by atoms with E-state index in [9.17, 15) is 9.59 Å². The highest BCUT2D eigenvalue weighted by atomic mass is 32.2. The second kappa shape index (κ2) is 10.6. The molecule has 0 unspecified atom stereocenters. The minimum absolute atomic E-state index is 0.0404. The first-order valence-electron chi connectivity index (χ1n) is 10.4. The van der Waals surface area contributed by atoms with Crippen LogP contribution in [0, 0.1) is 5.92 Å². The first-order valence-corrected chi connectivity index (χ1v) is 12.2. The van der Waals surface area contributed by atoms with Gasteiger partial charge in [-0.1, -0.05) is 25.6 Å². The summed E-state index contributed by atoms with van der Waals surface area (Å²) in [6.07, 6.45) is 6.06. The monoisotopic (exact) mass is 437 g/mol. The van der Waals surface area contributed by atoms with Gasteiger partial charge in [0.05, 0.1) is 11.1 Å². The summed E-state index contributed by atoms with van der Waals surface area (Å²) >= 11 is 3.02. The molecule has 0 spiro atoms. The number of aryl methyl sites for hydroxylation is 2. The molecule has 0 saturated carbocycles. The highest BCUT2D eigenvalue weighted by Gasteiger charge is 2.22. The number of nitrogens with one attached hydrogen (secondary N) is 1. The molecule has 0 aromatic carbocycles. The van der Waals surface area contributed by atoms with Gasteiger partial charge in [0.25, 0.3) is 5.56 Å². The number of hydrogen-bond donors (Lipinski definition) is 1. The highest BCUT2D eigenvalue weighted by molar-refractivity contribution is 7.99. The van der Waals surface area contributed by atoms with E-state index in [0.717, 1.165) is 42.3 Å². The van der Waals surface area contributed by atoms with Crippen LogP contribution in [0.3, 0.4) is 0 Å². The molecule has 0 fully saturated rings. The molecule has 0 saturated heterocycles. The van der Waals surface area contributed by atoms with Gasteiger partial charge < -0.3 is 10.1 Å². The van der Waals surface area contributed by atoms with Crippen molar-refractivity contribution in [3.05, 3.63) is 20.8 Å². The van der Waals surface area contributed by atoms with Crippen LogP contribution in [-0.4, -0.2) is 41.5 Å². The van der Waals surface area contributed by atoms with E-state index in [-0.39, 0.29) is 17.2 Å². The number of carbonyl (C=O) groups excluding carboxylic acids is 1. The van der Waals surface area contributed by atoms with Gasteiger partial charge in [-0.25, -0.2) is 4.98 Å². The van der Waals surface area contributed by atoms with Crippen LogP contribution in [0.1, 0.15) is 50.0 Å². The first kappa shape index (κ1) is 22.3. The smallest absolute Gasteiger partial charge is 0.263 e. The molecule has 29 heavy (non-hydrogen) atoms. The van der Waals surface area contributed by atoms with Crippen molar-refractivity contribution in [2.24, 2.45) is 5.92 Å². The van der Waals surface area contributed by atoms with E-state index in [0.29, 0.717) is 30.8 Å². The minimum Gasteiger partial charge on any atom is -0.385 e. The quantitative estimate of drug-likeness (QED) is 0.349. The van der Waals surface area contributed by atoms with Crippen molar-refractivity contribution in [3.8, 4) is 0 Å². The van der Waals surface area contributed by atoms with Gasteiger partial charge in [-0.2, -0.15) is 0 Å². The van der Waals surface area contributed by atoms with E-state index in [2.05, 4.69) is 19.2 Å². The standard InChI is InChI=1S/C21H31N3O3S2/c1-14(2)9-11-24-20(26)18-15-7-4-5-8-16(15)29-19(18)23-21(24)28-13-17(25)22-10-6-12-27-3/h14H,4-13H2,1-3H3,(H,22,25). The predicted octanol–water partition coefficient (Wildman–Crippen LogP) is 3.63. The van der Waals surface area contributed by atoms with E-state index in [1.165, 1.54) is 28.6 Å². The van der Waals surface area contributed by atoms with E-state index < -0.39 is 0 Å². The maximum absolute atomic E-state index is 13.4. The molecule has 2 aromatic rings. The molecule has 1 N–H and O–H groups in total. The molecule has 6 nitrogen and oxygen atoms in total. The van der Waals surface area contributed by atoms with E-state index >= 15 is 0 Å². The third-order valence-corrected chi connectivity index (χ3v) is 7.31. The van der Waals surface area contributed by atoms with Crippen LogP contribution in [0.15, 0.2) is 9.95 Å². The highest BCUT2D eigenvalue weighted by Crippen LogP contribution is 2.34. The van der Waals surface area contributed by atoms with Gasteiger partial charge in [0.2, 0.25) is 5.91 Å². The Morgan fingerprint density at radius 1 is 1.34 bits per heavy atom. The lowest BCUT2D eigenvalue weighted by atomic mass is 9.97. The molecular formula is C21H31N3O3S2. The number of fused-ring (bicyclic) bond motifs is 3. The van der Waals surface area contributed by atoms with Crippen LogP contribution in [0.4, 0.5) is 0 Å². The molecule has 160 valence electrons. The van der Waals surface area contributed by atoms with Crippen LogP contribution in [-0.2, 0) is 28.9 Å². The van der Waals surface area contributed by atoms with Crippen LogP contribution >= 0.6 is 23.1 Å². The molecule has 2 aromatic heterocycles. The number of aromatic nitrogens is 2. The van der Waals surface area contributed by atoms with Gasteiger partial charge in [-0.15, -0.1) is 11.3 Å². The third kappa shape index (κ3) is 5.61. The van der Waals surface area contributed by atoms with Gasteiger partial charge in [-0.3, -0.25) is 14.2 Å². The molecule has 3 rings (SSSR count). The second-order valence-corrected chi connectivity index (χ2v) is 9.94. The second-order valence-electron chi connectivity index (χ2n) is 7.91. The van der Waals surface area contributed by atoms with Gasteiger partial charge in [0, 0.05) is 31.7 Å². The summed E-state index contributed by atoms with van der Waals surface area (Å²) < 4.78 is 6.80. The zero-order chi connectivity index (χ0) is 20.8. The maximum atomic E-state index is 13.4. The number of ether oxygens (including phenoxy) is 1. The van der Waals surface area contributed by atoms with Crippen molar-refractivity contribution < 1.29 is 9.53 Å². The number of thiophene rings is 1. The number of rotatable bonds is 10. The summed E-state index contributed by atoms with van der Waals surface area (Å²) in [4.78, 5) is 32.6. The van der Waals surface area contributed by atoms with Crippen LogP contribution in [0.2, 0.25) is 0 Å². The lowest BCUT2D eigenvalue weighted by Crippen LogP contribution is -2.28. The minimum atomic E-state index is -0.0404. The van der Waals surface area contributed by atoms with E-state index in [1.54, 1.807) is 23.0 Å². The van der Waals surface area contributed by atoms with Gasteiger partial charge in [-0.05, 0) is 50.0 Å². The number of carbonyl (C=O) groups is 1. The van der Waals surface area contributed by atoms with Crippen molar-refractivity contribution in [3.63, 3.8) is 0 Å². The number of thioether (sulfide) groups is 1. The Morgan fingerprint density at radius 2 is 2.14 bits per heavy atom. The summed E-state index contributed by atoms with van der Waals surface area (Å²) in [5.41, 5.74) is 1.29. The van der Waals surface area contributed by atoms with Gasteiger partial charge in [0.1, 0.15) is 4.83 Å². The van der Waals surface area contributed by atoms with Crippen molar-refractivity contribution in [2.75, 3.05) is 26.0 Å². The Bertz CT molecular complexity index is 905. The molecule has 0 bridgehead atoms. The zero-order valence-electron chi connectivity index (χ0n) is 17.6. The lowest BCUT2D eigenvalue weighted by Gasteiger charge is -2.14. The molecule has 0 aliphatic heterocycles. The molecule has 1 amide bonds. The zero-order valence-corrected chi connectivity index (χ0v) is 19.2. The summed E-state index contributed by atoms with van der Waals surface area (Å²) in [6.45, 7) is 6.18. The summed E-state index contributed by atoms with van der Waals surface area (Å²) in [5.74, 6) is 0.717. The first-order chi connectivity index (χ1) is 14.0. The predicted molar refractivity (Wildman–Crippen MR) is 120 cm³/mol. The van der Waals surface area contributed by atoms with Gasteiger partial charge in [0.15, 0.2) is 5.16 Å². The van der Waals surface area contributed by atoms with Crippen molar-refractivity contribution in [2.45, 2.75) is 64.1 Å². The summed E-state index contributed by atoms with van der Waals surface area (Å²) in [7, 11) is 1.65. The van der Waals surface area contributed by atoms with E-state index in [1.807, 2.05) is 0 Å². The summed E-state index contributed by atoms with van der Waals surface area (Å²) in [6, 6.07) is 0. The third-order valence-electron chi connectivity index (χ3n) is 5.15. The fourth-order valence-corrected chi connectivity index (χ4v) is 5.70. The fraction of sp³-hybridized carbons (Fsp3) is 0.667. The maximum Gasteiger partial charge on any atom is 0.263 e. The average molecular weight is 438 g/mol. The average Bonchev–Trinajstić information content (AvgIpc) is 3.07. The number of hydrogen-bond acceptors (Lipinski definition) is 6. The Hall–Kier alpha value is -1.38. The molecular weight excluding hydrogens is 406 g/mol. The SMILES string of the molecule is COCCCNC(=O)CSc1nc2sc3c(c2c(=O)n1CCC(C)C)CCCC3.